The number of hydrogen-bond acceptors (Lipinski definition) is 3. The monoisotopic (exact) mass is 450 g/mol. The molecule has 3 aromatic rings. The summed E-state index contributed by atoms with van der Waals surface area (Å²) in [6.07, 6.45) is 2.94. The molecule has 33 heavy (non-hydrogen) atoms. The van der Waals surface area contributed by atoms with Gasteiger partial charge < -0.3 is 15.1 Å². The number of anilines is 1. The number of benzene rings is 2. The van der Waals surface area contributed by atoms with Gasteiger partial charge in [0.2, 0.25) is 0 Å². The maximum atomic E-state index is 13.5. The van der Waals surface area contributed by atoms with Crippen molar-refractivity contribution in [2.45, 2.75) is 18.9 Å². The number of hydrogen-bond donors (Lipinski definition) is 1. The zero-order chi connectivity index (χ0) is 23.4. The first-order chi connectivity index (χ1) is 15.9. The molecule has 4 rings (SSSR count). The maximum absolute atomic E-state index is 13.5. The van der Waals surface area contributed by atoms with E-state index in [0.29, 0.717) is 48.4 Å². The lowest BCUT2D eigenvalue weighted by molar-refractivity contribution is 0.0665. The molecule has 0 atom stereocenters. The van der Waals surface area contributed by atoms with Crippen LogP contribution in [0.3, 0.4) is 0 Å². The minimum absolute atomic E-state index is 0.00678. The van der Waals surface area contributed by atoms with Gasteiger partial charge in [0, 0.05) is 44.1 Å². The van der Waals surface area contributed by atoms with Crippen LogP contribution in [0.4, 0.5) is 19.3 Å². The number of piperidine rings is 1. The molecular weight excluding hydrogens is 426 g/mol. The fourth-order valence-electron chi connectivity index (χ4n) is 3.95. The second-order valence-corrected chi connectivity index (χ2v) is 8.01. The average molecular weight is 450 g/mol. The Bertz CT molecular complexity index is 1110. The van der Waals surface area contributed by atoms with Crippen molar-refractivity contribution in [1.82, 2.24) is 14.8 Å². The SMILES string of the molecule is CN(C(=O)Nc1ccc(-c2cc(F)cc(F)c2)cc1)C1CCN(C(=O)c2ccccn2)CC1. The molecule has 0 radical (unpaired) electrons. The van der Waals surface area contributed by atoms with E-state index in [9.17, 15) is 18.4 Å². The molecule has 1 fully saturated rings. The van der Waals surface area contributed by atoms with Gasteiger partial charge in [0.1, 0.15) is 17.3 Å². The summed E-state index contributed by atoms with van der Waals surface area (Å²) in [6, 6.07) is 15.1. The molecule has 0 spiro atoms. The summed E-state index contributed by atoms with van der Waals surface area (Å²) in [5, 5.41) is 2.85. The van der Waals surface area contributed by atoms with Gasteiger partial charge in [-0.2, -0.15) is 0 Å². The van der Waals surface area contributed by atoms with Gasteiger partial charge in [-0.05, 0) is 60.4 Å². The highest BCUT2D eigenvalue weighted by Gasteiger charge is 2.28. The van der Waals surface area contributed by atoms with Gasteiger partial charge >= 0.3 is 6.03 Å². The van der Waals surface area contributed by atoms with E-state index in [4.69, 9.17) is 0 Å². The fourth-order valence-corrected chi connectivity index (χ4v) is 3.95. The topological polar surface area (TPSA) is 65.5 Å². The highest BCUT2D eigenvalue weighted by Crippen LogP contribution is 2.24. The molecule has 2 heterocycles. The van der Waals surface area contributed by atoms with Gasteiger partial charge in [-0.25, -0.2) is 13.6 Å². The van der Waals surface area contributed by atoms with Gasteiger partial charge in [-0.15, -0.1) is 0 Å². The quantitative estimate of drug-likeness (QED) is 0.621. The van der Waals surface area contributed by atoms with E-state index >= 15 is 0 Å². The normalized spacial score (nSPS) is 14.1. The first kappa shape index (κ1) is 22.4. The van der Waals surface area contributed by atoms with Crippen LogP contribution in [-0.4, -0.2) is 52.9 Å². The molecular formula is C25H24F2N4O2. The van der Waals surface area contributed by atoms with Crippen molar-refractivity contribution in [2.24, 2.45) is 0 Å². The summed E-state index contributed by atoms with van der Waals surface area (Å²) in [5.74, 6) is -1.38. The van der Waals surface area contributed by atoms with Gasteiger partial charge in [0.05, 0.1) is 0 Å². The Hall–Kier alpha value is -3.81. The highest BCUT2D eigenvalue weighted by molar-refractivity contribution is 5.92. The van der Waals surface area contributed by atoms with E-state index in [1.165, 1.54) is 12.1 Å². The molecule has 170 valence electrons. The molecule has 2 aromatic carbocycles. The number of pyridine rings is 1. The van der Waals surface area contributed by atoms with E-state index in [1.807, 2.05) is 0 Å². The van der Waals surface area contributed by atoms with Crippen LogP contribution in [0.5, 0.6) is 0 Å². The Morgan fingerprint density at radius 2 is 1.64 bits per heavy atom. The van der Waals surface area contributed by atoms with Gasteiger partial charge in [0.25, 0.3) is 5.91 Å². The third kappa shape index (κ3) is 5.34. The number of amides is 3. The van der Waals surface area contributed by atoms with Crippen molar-refractivity contribution in [1.29, 1.82) is 0 Å². The Morgan fingerprint density at radius 1 is 0.970 bits per heavy atom. The average Bonchev–Trinajstić information content (AvgIpc) is 2.83. The zero-order valence-corrected chi connectivity index (χ0v) is 18.2. The molecule has 0 saturated carbocycles. The van der Waals surface area contributed by atoms with E-state index < -0.39 is 11.6 Å². The van der Waals surface area contributed by atoms with Crippen LogP contribution in [-0.2, 0) is 0 Å². The number of rotatable bonds is 4. The maximum Gasteiger partial charge on any atom is 0.321 e. The van der Waals surface area contributed by atoms with E-state index in [-0.39, 0.29) is 18.0 Å². The Labute approximate surface area is 190 Å². The number of carbonyl (C=O) groups is 2. The number of nitrogens with zero attached hydrogens (tertiary/aromatic N) is 3. The van der Waals surface area contributed by atoms with Crippen LogP contribution in [0.15, 0.2) is 66.9 Å². The van der Waals surface area contributed by atoms with Crippen molar-refractivity contribution in [2.75, 3.05) is 25.5 Å². The molecule has 0 unspecified atom stereocenters. The molecule has 0 aliphatic carbocycles. The molecule has 6 nitrogen and oxygen atoms in total. The van der Waals surface area contributed by atoms with Crippen LogP contribution in [0.2, 0.25) is 0 Å². The first-order valence-electron chi connectivity index (χ1n) is 10.7. The van der Waals surface area contributed by atoms with Crippen molar-refractivity contribution in [3.8, 4) is 11.1 Å². The third-order valence-corrected chi connectivity index (χ3v) is 5.84. The predicted molar refractivity (Wildman–Crippen MR) is 122 cm³/mol. The van der Waals surface area contributed by atoms with Crippen LogP contribution in [0.1, 0.15) is 23.3 Å². The molecule has 3 amide bonds. The van der Waals surface area contributed by atoms with Gasteiger partial charge in [0.15, 0.2) is 0 Å². The molecule has 1 N–H and O–H groups in total. The largest absolute Gasteiger partial charge is 0.337 e. The number of aromatic nitrogens is 1. The number of carbonyl (C=O) groups excluding carboxylic acids is 2. The van der Waals surface area contributed by atoms with Crippen molar-refractivity contribution >= 4 is 17.6 Å². The van der Waals surface area contributed by atoms with E-state index in [0.717, 1.165) is 6.07 Å². The first-order valence-corrected chi connectivity index (χ1v) is 10.7. The third-order valence-electron chi connectivity index (χ3n) is 5.84. The van der Waals surface area contributed by atoms with Crippen LogP contribution < -0.4 is 5.32 Å². The summed E-state index contributed by atoms with van der Waals surface area (Å²) in [7, 11) is 1.74. The van der Waals surface area contributed by atoms with Gasteiger partial charge in [-0.3, -0.25) is 9.78 Å². The van der Waals surface area contributed by atoms with Crippen molar-refractivity contribution < 1.29 is 18.4 Å². The summed E-state index contributed by atoms with van der Waals surface area (Å²) in [5.41, 5.74) is 2.07. The minimum Gasteiger partial charge on any atom is -0.337 e. The van der Waals surface area contributed by atoms with Crippen molar-refractivity contribution in [3.05, 3.63) is 84.2 Å². The second kappa shape index (κ2) is 9.77. The Balaban J connectivity index is 1.32. The molecule has 1 aromatic heterocycles. The summed E-state index contributed by atoms with van der Waals surface area (Å²) in [6.45, 7) is 1.10. The lowest BCUT2D eigenvalue weighted by Crippen LogP contribution is -2.48. The lowest BCUT2D eigenvalue weighted by Gasteiger charge is -2.36. The number of nitrogens with one attached hydrogen (secondary N) is 1. The molecule has 8 heteroatoms. The fraction of sp³-hybridized carbons (Fsp3) is 0.240. The Kier molecular flexibility index (Phi) is 6.63. The summed E-state index contributed by atoms with van der Waals surface area (Å²) >= 11 is 0. The molecule has 1 aliphatic heterocycles. The van der Waals surface area contributed by atoms with Crippen LogP contribution in [0.25, 0.3) is 11.1 Å². The number of halogens is 2. The number of likely N-dealkylation sites (tertiary alicyclic amines) is 1. The summed E-state index contributed by atoms with van der Waals surface area (Å²) < 4.78 is 26.9. The van der Waals surface area contributed by atoms with Gasteiger partial charge in [-0.1, -0.05) is 18.2 Å². The van der Waals surface area contributed by atoms with Crippen LogP contribution >= 0.6 is 0 Å². The zero-order valence-electron chi connectivity index (χ0n) is 18.2. The Morgan fingerprint density at radius 3 is 2.24 bits per heavy atom. The highest BCUT2D eigenvalue weighted by atomic mass is 19.1. The molecule has 0 bridgehead atoms. The van der Waals surface area contributed by atoms with Crippen molar-refractivity contribution in [3.63, 3.8) is 0 Å². The lowest BCUT2D eigenvalue weighted by atomic mass is 10.0. The number of urea groups is 1. The standard InChI is InChI=1S/C25H24F2N4O2/c1-30(22-9-12-31(13-10-22)24(32)23-4-2-3-11-28-23)25(33)29-21-7-5-17(6-8-21)18-14-19(26)16-20(27)15-18/h2-8,11,14-16,22H,9-10,12-13H2,1H3,(H,29,33). The van der Waals surface area contributed by atoms with E-state index in [2.05, 4.69) is 10.3 Å². The molecule has 1 saturated heterocycles. The second-order valence-electron chi connectivity index (χ2n) is 8.01. The molecule has 1 aliphatic rings. The van der Waals surface area contributed by atoms with E-state index in [1.54, 1.807) is 65.5 Å². The smallest absolute Gasteiger partial charge is 0.321 e. The predicted octanol–water partition coefficient (Wildman–Crippen LogP) is 4.80. The van der Waals surface area contributed by atoms with Crippen LogP contribution in [0, 0.1) is 11.6 Å². The summed E-state index contributed by atoms with van der Waals surface area (Å²) in [4.78, 5) is 32.8. The minimum atomic E-state index is -0.642.